The van der Waals surface area contributed by atoms with Crippen molar-refractivity contribution in [3.8, 4) is 0 Å². The summed E-state index contributed by atoms with van der Waals surface area (Å²) < 4.78 is 0. The lowest BCUT2D eigenvalue weighted by molar-refractivity contribution is 0.0986. The van der Waals surface area contributed by atoms with Crippen LogP contribution in [0.15, 0.2) is 17.5 Å². The minimum absolute atomic E-state index is 0.179. The van der Waals surface area contributed by atoms with E-state index >= 15 is 0 Å². The third-order valence-corrected chi connectivity index (χ3v) is 3.93. The van der Waals surface area contributed by atoms with E-state index in [-0.39, 0.29) is 6.10 Å². The van der Waals surface area contributed by atoms with Crippen molar-refractivity contribution in [1.82, 2.24) is 4.90 Å². The molecule has 1 heterocycles. The number of rotatable bonds is 9. The second-order valence-electron chi connectivity index (χ2n) is 5.44. The van der Waals surface area contributed by atoms with E-state index in [1.165, 1.54) is 11.3 Å². The molecule has 0 aliphatic rings. The summed E-state index contributed by atoms with van der Waals surface area (Å²) in [6.07, 6.45) is 2.98. The molecule has 0 aliphatic heterocycles. The van der Waals surface area contributed by atoms with E-state index in [1.54, 1.807) is 11.3 Å². The van der Waals surface area contributed by atoms with Gasteiger partial charge in [-0.3, -0.25) is 4.90 Å². The SMILES string of the molecule is CCCC(O)CN(CCC(C)C)Cc1cccs1. The van der Waals surface area contributed by atoms with Crippen molar-refractivity contribution in [3.05, 3.63) is 22.4 Å². The molecule has 0 amide bonds. The molecule has 1 atom stereocenters. The predicted octanol–water partition coefficient (Wildman–Crippen LogP) is 3.76. The highest BCUT2D eigenvalue weighted by atomic mass is 32.1. The highest BCUT2D eigenvalue weighted by Gasteiger charge is 2.12. The number of hydrogen-bond acceptors (Lipinski definition) is 3. The lowest BCUT2D eigenvalue weighted by atomic mass is 10.1. The third-order valence-electron chi connectivity index (χ3n) is 3.07. The molecule has 104 valence electrons. The monoisotopic (exact) mass is 269 g/mol. The van der Waals surface area contributed by atoms with E-state index in [0.717, 1.165) is 38.4 Å². The van der Waals surface area contributed by atoms with Crippen LogP contribution in [0.2, 0.25) is 0 Å². The Labute approximate surface area is 116 Å². The Hall–Kier alpha value is -0.380. The van der Waals surface area contributed by atoms with E-state index in [4.69, 9.17) is 0 Å². The quantitative estimate of drug-likeness (QED) is 0.738. The summed E-state index contributed by atoms with van der Waals surface area (Å²) in [5.74, 6) is 0.721. The zero-order valence-electron chi connectivity index (χ0n) is 11.9. The molecule has 0 saturated heterocycles. The molecule has 0 saturated carbocycles. The van der Waals surface area contributed by atoms with Crippen LogP contribution in [0.25, 0.3) is 0 Å². The van der Waals surface area contributed by atoms with Crippen molar-refractivity contribution < 1.29 is 5.11 Å². The number of aliphatic hydroxyl groups excluding tert-OH is 1. The molecule has 1 aromatic heterocycles. The molecule has 3 heteroatoms. The lowest BCUT2D eigenvalue weighted by Gasteiger charge is -2.25. The first-order valence-electron chi connectivity index (χ1n) is 7.04. The summed E-state index contributed by atoms with van der Waals surface area (Å²) in [6.45, 7) is 9.50. The van der Waals surface area contributed by atoms with Crippen molar-refractivity contribution in [2.45, 2.75) is 52.7 Å². The maximum absolute atomic E-state index is 9.98. The van der Waals surface area contributed by atoms with Gasteiger partial charge in [0.2, 0.25) is 0 Å². The minimum atomic E-state index is -0.179. The average molecular weight is 269 g/mol. The Morgan fingerprint density at radius 3 is 2.67 bits per heavy atom. The fraction of sp³-hybridized carbons (Fsp3) is 0.733. The van der Waals surface area contributed by atoms with Crippen LogP contribution >= 0.6 is 11.3 Å². The second-order valence-corrected chi connectivity index (χ2v) is 6.47. The van der Waals surface area contributed by atoms with Crippen molar-refractivity contribution in [2.75, 3.05) is 13.1 Å². The molecule has 0 fully saturated rings. The van der Waals surface area contributed by atoms with E-state index in [9.17, 15) is 5.11 Å². The number of aliphatic hydroxyl groups is 1. The third kappa shape index (κ3) is 6.53. The lowest BCUT2D eigenvalue weighted by Crippen LogP contribution is -2.33. The highest BCUT2D eigenvalue weighted by Crippen LogP contribution is 2.14. The standard InChI is InChI=1S/C15H27NOS/c1-4-6-14(17)11-16(9-8-13(2)3)12-15-7-5-10-18-15/h5,7,10,13-14,17H,4,6,8-9,11-12H2,1-3H3. The second kappa shape index (κ2) is 8.68. The molecule has 1 rings (SSSR count). The Bertz CT molecular complexity index is 297. The molecular formula is C15H27NOS. The zero-order chi connectivity index (χ0) is 13.4. The van der Waals surface area contributed by atoms with Gasteiger partial charge in [0.05, 0.1) is 6.10 Å². The number of nitrogens with zero attached hydrogens (tertiary/aromatic N) is 1. The number of thiophene rings is 1. The molecule has 0 aliphatic carbocycles. The molecule has 0 spiro atoms. The van der Waals surface area contributed by atoms with Gasteiger partial charge in [-0.2, -0.15) is 0 Å². The summed E-state index contributed by atoms with van der Waals surface area (Å²) >= 11 is 1.80. The van der Waals surface area contributed by atoms with Gasteiger partial charge in [-0.1, -0.05) is 33.3 Å². The van der Waals surface area contributed by atoms with Crippen molar-refractivity contribution in [3.63, 3.8) is 0 Å². The molecule has 1 unspecified atom stereocenters. The summed E-state index contributed by atoms with van der Waals surface area (Å²) in [4.78, 5) is 3.79. The van der Waals surface area contributed by atoms with E-state index in [0.29, 0.717) is 0 Å². The maximum Gasteiger partial charge on any atom is 0.0667 e. The summed E-state index contributed by atoms with van der Waals surface area (Å²) in [7, 11) is 0. The normalized spacial score (nSPS) is 13.4. The summed E-state index contributed by atoms with van der Waals surface area (Å²) in [5.41, 5.74) is 0. The molecule has 2 nitrogen and oxygen atoms in total. The van der Waals surface area contributed by atoms with Gasteiger partial charge in [-0.05, 0) is 36.8 Å². The topological polar surface area (TPSA) is 23.5 Å². The first kappa shape index (κ1) is 15.7. The van der Waals surface area contributed by atoms with Gasteiger partial charge < -0.3 is 5.11 Å². The van der Waals surface area contributed by atoms with Gasteiger partial charge in [0.1, 0.15) is 0 Å². The molecule has 1 N–H and O–H groups in total. The largest absolute Gasteiger partial charge is 0.392 e. The Balaban J connectivity index is 2.45. The number of hydrogen-bond donors (Lipinski definition) is 1. The van der Waals surface area contributed by atoms with Crippen LogP contribution in [-0.2, 0) is 6.54 Å². The van der Waals surface area contributed by atoms with Gasteiger partial charge in [0.15, 0.2) is 0 Å². The maximum atomic E-state index is 9.98. The van der Waals surface area contributed by atoms with Crippen LogP contribution in [-0.4, -0.2) is 29.2 Å². The first-order valence-corrected chi connectivity index (χ1v) is 7.92. The van der Waals surface area contributed by atoms with Crippen LogP contribution in [0, 0.1) is 5.92 Å². The average Bonchev–Trinajstić information content (AvgIpc) is 2.79. The summed E-state index contributed by atoms with van der Waals surface area (Å²) in [5, 5.41) is 12.1. The van der Waals surface area contributed by atoms with E-state index < -0.39 is 0 Å². The molecule has 0 bridgehead atoms. The smallest absolute Gasteiger partial charge is 0.0667 e. The first-order chi connectivity index (χ1) is 8.61. The van der Waals surface area contributed by atoms with Crippen LogP contribution in [0.3, 0.4) is 0 Å². The van der Waals surface area contributed by atoms with Gasteiger partial charge in [0, 0.05) is 18.0 Å². The van der Waals surface area contributed by atoms with Crippen LogP contribution < -0.4 is 0 Å². The molecule has 0 aromatic carbocycles. The van der Waals surface area contributed by atoms with Crippen molar-refractivity contribution in [2.24, 2.45) is 5.92 Å². The van der Waals surface area contributed by atoms with E-state index in [1.807, 2.05) is 0 Å². The van der Waals surface area contributed by atoms with Crippen LogP contribution in [0.1, 0.15) is 44.9 Å². The summed E-state index contributed by atoms with van der Waals surface area (Å²) in [6, 6.07) is 4.28. The van der Waals surface area contributed by atoms with Gasteiger partial charge in [0.25, 0.3) is 0 Å². The van der Waals surface area contributed by atoms with Crippen LogP contribution in [0.4, 0.5) is 0 Å². The fourth-order valence-electron chi connectivity index (χ4n) is 2.02. The molecule has 0 radical (unpaired) electrons. The molecule has 1 aromatic rings. The van der Waals surface area contributed by atoms with Gasteiger partial charge >= 0.3 is 0 Å². The Morgan fingerprint density at radius 1 is 1.33 bits per heavy atom. The van der Waals surface area contributed by atoms with Crippen LogP contribution in [0.5, 0.6) is 0 Å². The molecular weight excluding hydrogens is 242 g/mol. The van der Waals surface area contributed by atoms with Crippen molar-refractivity contribution >= 4 is 11.3 Å². The minimum Gasteiger partial charge on any atom is -0.392 e. The Kier molecular flexibility index (Phi) is 7.56. The Morgan fingerprint density at radius 2 is 2.11 bits per heavy atom. The molecule has 18 heavy (non-hydrogen) atoms. The zero-order valence-corrected chi connectivity index (χ0v) is 12.7. The fourth-order valence-corrected chi connectivity index (χ4v) is 2.77. The van der Waals surface area contributed by atoms with Crippen molar-refractivity contribution in [1.29, 1.82) is 0 Å². The van der Waals surface area contributed by atoms with Gasteiger partial charge in [-0.25, -0.2) is 0 Å². The predicted molar refractivity (Wildman–Crippen MR) is 80.0 cm³/mol. The van der Waals surface area contributed by atoms with Gasteiger partial charge in [-0.15, -0.1) is 11.3 Å². The highest BCUT2D eigenvalue weighted by molar-refractivity contribution is 7.09. The van der Waals surface area contributed by atoms with E-state index in [2.05, 4.69) is 43.2 Å².